The highest BCUT2D eigenvalue weighted by Gasteiger charge is 2.40. The summed E-state index contributed by atoms with van der Waals surface area (Å²) in [4.78, 5) is 30.9. The first-order valence-corrected chi connectivity index (χ1v) is 9.04. The van der Waals surface area contributed by atoms with Gasteiger partial charge in [-0.2, -0.15) is 0 Å². The third-order valence-corrected chi connectivity index (χ3v) is 5.51. The van der Waals surface area contributed by atoms with E-state index in [1.54, 1.807) is 18.1 Å². The van der Waals surface area contributed by atoms with Gasteiger partial charge in [0.15, 0.2) is 5.69 Å². The molecular weight excluding hydrogens is 334 g/mol. The molecule has 138 valence electrons. The summed E-state index contributed by atoms with van der Waals surface area (Å²) in [5.74, 6) is 1.48. The molecule has 1 fully saturated rings. The second kappa shape index (κ2) is 6.59. The molecule has 1 aliphatic carbocycles. The van der Waals surface area contributed by atoms with Crippen LogP contribution in [-0.2, 0) is 24.7 Å². The van der Waals surface area contributed by atoms with Gasteiger partial charge < -0.3 is 19.3 Å². The number of aryl methyl sites for hydroxylation is 2. The highest BCUT2D eigenvalue weighted by atomic mass is 16.5. The molecule has 3 heterocycles. The predicted octanol–water partition coefficient (Wildman–Crippen LogP) is 1.24. The van der Waals surface area contributed by atoms with E-state index in [4.69, 9.17) is 4.52 Å². The standard InChI is InChI=1S/C18H23N5O3/c1-22-8-7-19-17(22)16-11(9-14(24)23(16)2)10-20-18(25)15-12-5-3-4-6-13(12)26-21-15/h7-8,11,16H,3-6,9-10H2,1-2H3,(H,20,25)/t11-,16+/m0/s1. The third-order valence-electron chi connectivity index (χ3n) is 5.51. The van der Waals surface area contributed by atoms with Crippen LogP contribution in [0, 0.1) is 5.92 Å². The van der Waals surface area contributed by atoms with Crippen molar-refractivity contribution in [2.75, 3.05) is 13.6 Å². The summed E-state index contributed by atoms with van der Waals surface area (Å²) in [6.45, 7) is 0.397. The zero-order chi connectivity index (χ0) is 18.3. The van der Waals surface area contributed by atoms with Gasteiger partial charge in [-0.1, -0.05) is 5.16 Å². The van der Waals surface area contributed by atoms with Crippen LogP contribution in [0.5, 0.6) is 0 Å². The Morgan fingerprint density at radius 2 is 2.15 bits per heavy atom. The third kappa shape index (κ3) is 2.79. The first kappa shape index (κ1) is 16.8. The molecule has 0 bridgehead atoms. The van der Waals surface area contributed by atoms with Crippen molar-refractivity contribution < 1.29 is 14.1 Å². The van der Waals surface area contributed by atoms with Crippen LogP contribution < -0.4 is 5.32 Å². The van der Waals surface area contributed by atoms with Gasteiger partial charge in [-0.3, -0.25) is 9.59 Å². The van der Waals surface area contributed by atoms with Crippen molar-refractivity contribution in [3.8, 4) is 0 Å². The number of fused-ring (bicyclic) bond motifs is 1. The Hall–Kier alpha value is -2.64. The Morgan fingerprint density at radius 3 is 2.92 bits per heavy atom. The second-order valence-electron chi connectivity index (χ2n) is 7.16. The number of carbonyl (C=O) groups is 2. The maximum absolute atomic E-state index is 12.6. The lowest BCUT2D eigenvalue weighted by atomic mass is 9.96. The van der Waals surface area contributed by atoms with E-state index in [0.717, 1.165) is 42.8 Å². The molecule has 2 atom stereocenters. The van der Waals surface area contributed by atoms with Gasteiger partial charge in [0.2, 0.25) is 5.91 Å². The van der Waals surface area contributed by atoms with E-state index >= 15 is 0 Å². The highest BCUT2D eigenvalue weighted by Crippen LogP contribution is 2.35. The van der Waals surface area contributed by atoms with Gasteiger partial charge in [0.05, 0.1) is 6.04 Å². The number of nitrogens with zero attached hydrogens (tertiary/aromatic N) is 4. The number of carbonyl (C=O) groups excluding carboxylic acids is 2. The molecule has 1 aliphatic heterocycles. The fourth-order valence-electron chi connectivity index (χ4n) is 4.05. The topological polar surface area (TPSA) is 93.3 Å². The molecule has 1 saturated heterocycles. The lowest BCUT2D eigenvalue weighted by Crippen LogP contribution is -2.34. The fraction of sp³-hybridized carbons (Fsp3) is 0.556. The molecule has 2 aromatic rings. The van der Waals surface area contributed by atoms with Crippen molar-refractivity contribution >= 4 is 11.8 Å². The molecule has 1 N–H and O–H groups in total. The molecule has 2 aromatic heterocycles. The number of hydrogen-bond donors (Lipinski definition) is 1. The van der Waals surface area contributed by atoms with Crippen molar-refractivity contribution in [1.82, 2.24) is 24.9 Å². The van der Waals surface area contributed by atoms with Crippen molar-refractivity contribution in [3.63, 3.8) is 0 Å². The van der Waals surface area contributed by atoms with Crippen LogP contribution >= 0.6 is 0 Å². The van der Waals surface area contributed by atoms with E-state index in [1.807, 2.05) is 17.8 Å². The zero-order valence-corrected chi connectivity index (χ0v) is 15.1. The Bertz CT molecular complexity index is 840. The van der Waals surface area contributed by atoms with E-state index < -0.39 is 0 Å². The average Bonchev–Trinajstić information content (AvgIpc) is 3.31. The van der Waals surface area contributed by atoms with E-state index in [9.17, 15) is 9.59 Å². The summed E-state index contributed by atoms with van der Waals surface area (Å²) in [7, 11) is 3.70. The second-order valence-corrected chi connectivity index (χ2v) is 7.16. The summed E-state index contributed by atoms with van der Waals surface area (Å²) in [6, 6.07) is -0.144. The van der Waals surface area contributed by atoms with Crippen LogP contribution in [0.25, 0.3) is 0 Å². The molecule has 0 unspecified atom stereocenters. The van der Waals surface area contributed by atoms with Crippen molar-refractivity contribution in [1.29, 1.82) is 0 Å². The number of rotatable bonds is 4. The summed E-state index contributed by atoms with van der Waals surface area (Å²) in [6.07, 6.45) is 7.79. The van der Waals surface area contributed by atoms with Gasteiger partial charge in [-0.25, -0.2) is 4.98 Å². The largest absolute Gasteiger partial charge is 0.360 e. The number of nitrogens with one attached hydrogen (secondary N) is 1. The zero-order valence-electron chi connectivity index (χ0n) is 15.1. The Balaban J connectivity index is 1.48. The molecule has 2 amide bonds. The fourth-order valence-corrected chi connectivity index (χ4v) is 4.05. The minimum Gasteiger partial charge on any atom is -0.360 e. The van der Waals surface area contributed by atoms with Gasteiger partial charge in [0, 0.05) is 57.4 Å². The quantitative estimate of drug-likeness (QED) is 0.888. The predicted molar refractivity (Wildman–Crippen MR) is 92.3 cm³/mol. The SMILES string of the molecule is CN1C(=O)C[C@@H](CNC(=O)c2noc3c2CCCC3)[C@@H]1c1nccn1C. The van der Waals surface area contributed by atoms with Gasteiger partial charge in [0.1, 0.15) is 11.6 Å². The van der Waals surface area contributed by atoms with Crippen LogP contribution in [-0.4, -0.2) is 45.0 Å². The summed E-state index contributed by atoms with van der Waals surface area (Å²) in [5, 5.41) is 6.93. The van der Waals surface area contributed by atoms with Crippen LogP contribution in [0.15, 0.2) is 16.9 Å². The first-order chi connectivity index (χ1) is 12.6. The van der Waals surface area contributed by atoms with Crippen LogP contribution in [0.4, 0.5) is 0 Å². The Morgan fingerprint density at radius 1 is 1.35 bits per heavy atom. The maximum atomic E-state index is 12.6. The van der Waals surface area contributed by atoms with E-state index in [2.05, 4.69) is 15.5 Å². The monoisotopic (exact) mass is 357 g/mol. The maximum Gasteiger partial charge on any atom is 0.273 e. The number of likely N-dealkylation sites (tertiary alicyclic amines) is 1. The van der Waals surface area contributed by atoms with E-state index in [1.165, 1.54) is 0 Å². The van der Waals surface area contributed by atoms with Crippen molar-refractivity contribution in [3.05, 3.63) is 35.2 Å². The van der Waals surface area contributed by atoms with Crippen LogP contribution in [0.2, 0.25) is 0 Å². The van der Waals surface area contributed by atoms with Crippen molar-refractivity contribution in [2.24, 2.45) is 13.0 Å². The molecule has 8 nitrogen and oxygen atoms in total. The molecular formula is C18H23N5O3. The molecule has 0 saturated carbocycles. The summed E-state index contributed by atoms with van der Waals surface area (Å²) >= 11 is 0. The van der Waals surface area contributed by atoms with Gasteiger partial charge in [0.25, 0.3) is 5.91 Å². The number of amides is 2. The van der Waals surface area contributed by atoms with E-state index in [-0.39, 0.29) is 23.8 Å². The minimum absolute atomic E-state index is 0.0275. The molecule has 26 heavy (non-hydrogen) atoms. The number of aromatic nitrogens is 3. The average molecular weight is 357 g/mol. The van der Waals surface area contributed by atoms with Gasteiger partial charge in [-0.15, -0.1) is 0 Å². The number of imidazole rings is 1. The molecule has 2 aliphatic rings. The Labute approximate surface area is 151 Å². The lowest BCUT2D eigenvalue weighted by molar-refractivity contribution is -0.127. The van der Waals surface area contributed by atoms with Crippen molar-refractivity contribution in [2.45, 2.75) is 38.1 Å². The minimum atomic E-state index is -0.225. The van der Waals surface area contributed by atoms with Crippen LogP contribution in [0.1, 0.15) is 52.9 Å². The lowest BCUT2D eigenvalue weighted by Gasteiger charge is -2.24. The molecule has 0 spiro atoms. The van der Waals surface area contributed by atoms with Gasteiger partial charge in [-0.05, 0) is 19.3 Å². The molecule has 8 heteroatoms. The smallest absolute Gasteiger partial charge is 0.273 e. The molecule has 0 aromatic carbocycles. The van der Waals surface area contributed by atoms with E-state index in [0.29, 0.717) is 18.7 Å². The molecule has 4 rings (SSSR count). The van der Waals surface area contributed by atoms with Crippen LogP contribution in [0.3, 0.4) is 0 Å². The summed E-state index contributed by atoms with van der Waals surface area (Å²) < 4.78 is 7.24. The highest BCUT2D eigenvalue weighted by molar-refractivity contribution is 5.94. The van der Waals surface area contributed by atoms with Gasteiger partial charge >= 0.3 is 0 Å². The molecule has 0 radical (unpaired) electrons. The summed E-state index contributed by atoms with van der Waals surface area (Å²) in [5.41, 5.74) is 1.33. The normalized spacial score (nSPS) is 22.5. The Kier molecular flexibility index (Phi) is 4.26. The first-order valence-electron chi connectivity index (χ1n) is 9.04. The number of hydrogen-bond acceptors (Lipinski definition) is 5.